The maximum atomic E-state index is 5.81. The largest absolute Gasteiger partial charge is 0.378 e. The standard InChI is InChI=1S/C12H22O2/c1-10-5-6-12(14-9-10)8-11-4-2-3-7-13-11/h10-12H,2-9H2,1H3. The molecule has 0 N–H and O–H groups in total. The molecule has 2 aliphatic heterocycles. The topological polar surface area (TPSA) is 18.5 Å². The zero-order valence-electron chi connectivity index (χ0n) is 9.21. The van der Waals surface area contributed by atoms with Crippen molar-refractivity contribution in [3.8, 4) is 0 Å². The molecule has 3 atom stereocenters. The quantitative estimate of drug-likeness (QED) is 0.679. The molecule has 0 bridgehead atoms. The third-order valence-corrected chi connectivity index (χ3v) is 3.40. The molecule has 2 rings (SSSR count). The maximum Gasteiger partial charge on any atom is 0.0600 e. The zero-order valence-corrected chi connectivity index (χ0v) is 9.21. The Hall–Kier alpha value is -0.0800. The summed E-state index contributed by atoms with van der Waals surface area (Å²) < 4.78 is 11.5. The Bertz CT molecular complexity index is 156. The van der Waals surface area contributed by atoms with Gasteiger partial charge in [-0.25, -0.2) is 0 Å². The molecule has 14 heavy (non-hydrogen) atoms. The highest BCUT2D eigenvalue weighted by molar-refractivity contribution is 4.73. The third-order valence-electron chi connectivity index (χ3n) is 3.40. The summed E-state index contributed by atoms with van der Waals surface area (Å²) in [6.07, 6.45) is 8.50. The van der Waals surface area contributed by atoms with E-state index in [1.807, 2.05) is 0 Å². The molecule has 0 amide bonds. The van der Waals surface area contributed by atoms with Gasteiger partial charge in [0, 0.05) is 13.2 Å². The highest BCUT2D eigenvalue weighted by Gasteiger charge is 2.23. The highest BCUT2D eigenvalue weighted by Crippen LogP contribution is 2.25. The third kappa shape index (κ3) is 2.96. The fourth-order valence-corrected chi connectivity index (χ4v) is 2.41. The van der Waals surface area contributed by atoms with Crippen molar-refractivity contribution < 1.29 is 9.47 Å². The van der Waals surface area contributed by atoms with E-state index in [9.17, 15) is 0 Å². The molecule has 2 aliphatic rings. The molecule has 2 nitrogen and oxygen atoms in total. The van der Waals surface area contributed by atoms with Crippen LogP contribution < -0.4 is 0 Å². The molecular formula is C12H22O2. The molecular weight excluding hydrogens is 176 g/mol. The molecule has 2 heteroatoms. The van der Waals surface area contributed by atoms with Gasteiger partial charge in [-0.15, -0.1) is 0 Å². The van der Waals surface area contributed by atoms with E-state index in [-0.39, 0.29) is 0 Å². The predicted octanol–water partition coefficient (Wildman–Crippen LogP) is 2.76. The normalized spacial score (nSPS) is 39.6. The lowest BCUT2D eigenvalue weighted by atomic mass is 9.95. The van der Waals surface area contributed by atoms with Crippen LogP contribution in [-0.4, -0.2) is 25.4 Å². The summed E-state index contributed by atoms with van der Waals surface area (Å²) in [6.45, 7) is 4.19. The van der Waals surface area contributed by atoms with Gasteiger partial charge in [0.15, 0.2) is 0 Å². The van der Waals surface area contributed by atoms with Crippen LogP contribution in [0.3, 0.4) is 0 Å². The van der Waals surface area contributed by atoms with Gasteiger partial charge in [0.25, 0.3) is 0 Å². The molecule has 82 valence electrons. The van der Waals surface area contributed by atoms with Crippen LogP contribution in [0.5, 0.6) is 0 Å². The van der Waals surface area contributed by atoms with Crippen LogP contribution in [0.25, 0.3) is 0 Å². The Kier molecular flexibility index (Phi) is 3.82. The lowest BCUT2D eigenvalue weighted by Gasteiger charge is -2.31. The first kappa shape index (κ1) is 10.4. The van der Waals surface area contributed by atoms with E-state index in [0.29, 0.717) is 12.2 Å². The Morgan fingerprint density at radius 3 is 2.50 bits per heavy atom. The summed E-state index contributed by atoms with van der Waals surface area (Å²) in [7, 11) is 0. The van der Waals surface area contributed by atoms with Crippen molar-refractivity contribution >= 4 is 0 Å². The Balaban J connectivity index is 1.68. The second-order valence-electron chi connectivity index (χ2n) is 4.86. The summed E-state index contributed by atoms with van der Waals surface area (Å²) in [5.74, 6) is 0.763. The smallest absolute Gasteiger partial charge is 0.0600 e. The summed E-state index contributed by atoms with van der Waals surface area (Å²) in [4.78, 5) is 0. The van der Waals surface area contributed by atoms with E-state index in [4.69, 9.17) is 9.47 Å². The van der Waals surface area contributed by atoms with Crippen LogP contribution in [0.4, 0.5) is 0 Å². The van der Waals surface area contributed by atoms with Crippen molar-refractivity contribution in [1.82, 2.24) is 0 Å². The van der Waals surface area contributed by atoms with E-state index < -0.39 is 0 Å². The second-order valence-corrected chi connectivity index (χ2v) is 4.86. The van der Waals surface area contributed by atoms with Crippen LogP contribution in [-0.2, 0) is 9.47 Å². The minimum Gasteiger partial charge on any atom is -0.378 e. The van der Waals surface area contributed by atoms with E-state index in [1.165, 1.54) is 32.1 Å². The fraction of sp³-hybridized carbons (Fsp3) is 1.00. The van der Waals surface area contributed by atoms with Crippen LogP contribution in [0.1, 0.15) is 45.4 Å². The fourth-order valence-electron chi connectivity index (χ4n) is 2.41. The molecule has 2 heterocycles. The van der Waals surface area contributed by atoms with Crippen molar-refractivity contribution in [2.24, 2.45) is 5.92 Å². The van der Waals surface area contributed by atoms with Crippen molar-refractivity contribution in [2.75, 3.05) is 13.2 Å². The van der Waals surface area contributed by atoms with Gasteiger partial charge in [0.2, 0.25) is 0 Å². The van der Waals surface area contributed by atoms with Gasteiger partial charge in [-0.2, -0.15) is 0 Å². The monoisotopic (exact) mass is 198 g/mol. The molecule has 0 aromatic rings. The van der Waals surface area contributed by atoms with Gasteiger partial charge in [0.1, 0.15) is 0 Å². The van der Waals surface area contributed by atoms with Gasteiger partial charge in [-0.3, -0.25) is 0 Å². The summed E-state index contributed by atoms with van der Waals surface area (Å²) in [6, 6.07) is 0. The molecule has 0 aliphatic carbocycles. The Morgan fingerprint density at radius 2 is 1.86 bits per heavy atom. The van der Waals surface area contributed by atoms with Crippen molar-refractivity contribution in [3.63, 3.8) is 0 Å². The van der Waals surface area contributed by atoms with Gasteiger partial charge >= 0.3 is 0 Å². The van der Waals surface area contributed by atoms with E-state index in [0.717, 1.165) is 25.6 Å². The van der Waals surface area contributed by atoms with Crippen molar-refractivity contribution in [2.45, 2.75) is 57.7 Å². The summed E-state index contributed by atoms with van der Waals surface area (Å²) >= 11 is 0. The van der Waals surface area contributed by atoms with E-state index in [2.05, 4.69) is 6.92 Å². The van der Waals surface area contributed by atoms with E-state index >= 15 is 0 Å². The second kappa shape index (κ2) is 5.13. The Labute approximate surface area is 87.0 Å². The number of rotatable bonds is 2. The average Bonchev–Trinajstić information content (AvgIpc) is 2.23. The lowest BCUT2D eigenvalue weighted by molar-refractivity contribution is -0.0632. The maximum absolute atomic E-state index is 5.81. The molecule has 2 saturated heterocycles. The minimum absolute atomic E-state index is 0.481. The highest BCUT2D eigenvalue weighted by atomic mass is 16.5. The van der Waals surface area contributed by atoms with Gasteiger partial charge in [-0.1, -0.05) is 6.92 Å². The molecule has 0 aromatic heterocycles. The van der Waals surface area contributed by atoms with Crippen LogP contribution >= 0.6 is 0 Å². The first-order chi connectivity index (χ1) is 6.84. The first-order valence-corrected chi connectivity index (χ1v) is 6.08. The van der Waals surface area contributed by atoms with Crippen LogP contribution in [0.2, 0.25) is 0 Å². The molecule has 0 saturated carbocycles. The lowest BCUT2D eigenvalue weighted by Crippen LogP contribution is -2.30. The van der Waals surface area contributed by atoms with Crippen LogP contribution in [0, 0.1) is 5.92 Å². The molecule has 0 radical (unpaired) electrons. The van der Waals surface area contributed by atoms with E-state index in [1.54, 1.807) is 0 Å². The molecule has 2 fully saturated rings. The van der Waals surface area contributed by atoms with Gasteiger partial charge in [0.05, 0.1) is 12.2 Å². The number of ether oxygens (including phenoxy) is 2. The minimum atomic E-state index is 0.481. The summed E-state index contributed by atoms with van der Waals surface area (Å²) in [5, 5.41) is 0. The Morgan fingerprint density at radius 1 is 1.00 bits per heavy atom. The SMILES string of the molecule is CC1CCC(CC2CCCCO2)OC1. The molecule has 0 aromatic carbocycles. The van der Waals surface area contributed by atoms with Gasteiger partial charge < -0.3 is 9.47 Å². The van der Waals surface area contributed by atoms with Crippen molar-refractivity contribution in [3.05, 3.63) is 0 Å². The first-order valence-electron chi connectivity index (χ1n) is 6.08. The zero-order chi connectivity index (χ0) is 9.80. The number of hydrogen-bond acceptors (Lipinski definition) is 2. The number of hydrogen-bond donors (Lipinski definition) is 0. The van der Waals surface area contributed by atoms with Gasteiger partial charge in [-0.05, 0) is 44.4 Å². The average molecular weight is 198 g/mol. The van der Waals surface area contributed by atoms with Crippen molar-refractivity contribution in [1.29, 1.82) is 0 Å². The molecule has 0 spiro atoms. The molecule has 3 unspecified atom stereocenters. The predicted molar refractivity (Wildman–Crippen MR) is 56.3 cm³/mol. The summed E-state index contributed by atoms with van der Waals surface area (Å²) in [5.41, 5.74) is 0. The van der Waals surface area contributed by atoms with Crippen LogP contribution in [0.15, 0.2) is 0 Å².